The fraction of sp³-hybridized carbons (Fsp3) is 0.909. The molecule has 3 saturated heterocycles. The Morgan fingerprint density at radius 1 is 1.47 bits per heavy atom. The van der Waals surface area contributed by atoms with E-state index in [1.54, 1.807) is 0 Å². The molecule has 3 heterocycles. The Balaban J connectivity index is 1.97. The molecular formula is C11H18N2O2. The Hall–Kier alpha value is -0.770. The van der Waals surface area contributed by atoms with Crippen molar-refractivity contribution in [2.45, 2.75) is 31.9 Å². The molecule has 0 aliphatic carbocycles. The zero-order valence-electron chi connectivity index (χ0n) is 9.32. The van der Waals surface area contributed by atoms with E-state index in [2.05, 4.69) is 5.32 Å². The number of rotatable bonds is 0. The van der Waals surface area contributed by atoms with Gasteiger partial charge < -0.3 is 15.0 Å². The highest BCUT2D eigenvalue weighted by atomic mass is 16.6. The standard InChI is InChI=1S/C11H18N2O2/c1-11(2)8-6-12-5-7-3-4-13(9(7)8)10(14)15-11/h7-9,12H,3-6H2,1-2H3. The summed E-state index contributed by atoms with van der Waals surface area (Å²) >= 11 is 0. The van der Waals surface area contributed by atoms with Crippen molar-refractivity contribution in [2.75, 3.05) is 19.6 Å². The van der Waals surface area contributed by atoms with Crippen LogP contribution < -0.4 is 5.32 Å². The first-order valence-electron chi connectivity index (χ1n) is 5.80. The molecule has 3 unspecified atom stereocenters. The number of nitrogens with one attached hydrogen (secondary N) is 1. The van der Waals surface area contributed by atoms with Crippen LogP contribution in [0, 0.1) is 11.8 Å². The lowest BCUT2D eigenvalue weighted by atomic mass is 9.75. The lowest BCUT2D eigenvalue weighted by molar-refractivity contribution is -0.0968. The van der Waals surface area contributed by atoms with Crippen LogP contribution >= 0.6 is 0 Å². The molecule has 3 fully saturated rings. The predicted molar refractivity (Wildman–Crippen MR) is 55.5 cm³/mol. The molecule has 3 atom stereocenters. The molecule has 0 aromatic carbocycles. The number of carbonyl (C=O) groups excluding carboxylic acids is 1. The first-order chi connectivity index (χ1) is 7.09. The van der Waals surface area contributed by atoms with Crippen LogP contribution in [0.1, 0.15) is 20.3 Å². The van der Waals surface area contributed by atoms with E-state index < -0.39 is 0 Å². The second-order valence-electron chi connectivity index (χ2n) is 5.47. The topological polar surface area (TPSA) is 41.6 Å². The average Bonchev–Trinajstić information content (AvgIpc) is 2.58. The van der Waals surface area contributed by atoms with Crippen LogP contribution in [0.15, 0.2) is 0 Å². The van der Waals surface area contributed by atoms with Crippen molar-refractivity contribution in [3.8, 4) is 0 Å². The first-order valence-corrected chi connectivity index (χ1v) is 5.80. The van der Waals surface area contributed by atoms with Crippen LogP contribution in [0.4, 0.5) is 4.79 Å². The first kappa shape index (κ1) is 9.46. The monoisotopic (exact) mass is 210 g/mol. The molecule has 0 spiro atoms. The summed E-state index contributed by atoms with van der Waals surface area (Å²) < 4.78 is 5.52. The summed E-state index contributed by atoms with van der Waals surface area (Å²) in [5.74, 6) is 1.08. The number of hydrogen-bond donors (Lipinski definition) is 1. The molecule has 0 aromatic rings. The molecule has 0 aromatic heterocycles. The van der Waals surface area contributed by atoms with Crippen molar-refractivity contribution in [1.29, 1.82) is 0 Å². The molecule has 4 heteroatoms. The van der Waals surface area contributed by atoms with E-state index in [1.807, 2.05) is 18.7 Å². The van der Waals surface area contributed by atoms with Gasteiger partial charge in [0.1, 0.15) is 5.60 Å². The fourth-order valence-corrected chi connectivity index (χ4v) is 3.42. The Bertz CT molecular complexity index is 303. The second-order valence-corrected chi connectivity index (χ2v) is 5.47. The van der Waals surface area contributed by atoms with Gasteiger partial charge in [0, 0.05) is 31.6 Å². The smallest absolute Gasteiger partial charge is 0.410 e. The summed E-state index contributed by atoms with van der Waals surface area (Å²) in [5.41, 5.74) is -0.311. The largest absolute Gasteiger partial charge is 0.443 e. The van der Waals surface area contributed by atoms with Crippen molar-refractivity contribution >= 4 is 6.09 Å². The SMILES string of the molecule is CC1(C)OC(=O)N2CCC3CNCC1C32. The molecule has 84 valence electrons. The molecule has 0 radical (unpaired) electrons. The van der Waals surface area contributed by atoms with Gasteiger partial charge in [-0.05, 0) is 26.2 Å². The molecule has 15 heavy (non-hydrogen) atoms. The van der Waals surface area contributed by atoms with Crippen LogP contribution in [0.3, 0.4) is 0 Å². The molecule has 3 aliphatic rings. The molecule has 0 bridgehead atoms. The van der Waals surface area contributed by atoms with Crippen LogP contribution in [0.2, 0.25) is 0 Å². The van der Waals surface area contributed by atoms with E-state index in [1.165, 1.54) is 0 Å². The maximum atomic E-state index is 11.8. The molecule has 4 nitrogen and oxygen atoms in total. The second kappa shape index (κ2) is 2.88. The van der Waals surface area contributed by atoms with Gasteiger partial charge in [-0.1, -0.05) is 0 Å². The zero-order chi connectivity index (χ0) is 10.6. The number of ether oxygens (including phenoxy) is 1. The van der Waals surface area contributed by atoms with E-state index in [4.69, 9.17) is 4.74 Å². The van der Waals surface area contributed by atoms with Crippen molar-refractivity contribution in [2.24, 2.45) is 11.8 Å². The normalized spacial score (nSPS) is 42.4. The Labute approximate surface area is 90.0 Å². The number of carbonyl (C=O) groups is 1. The number of cyclic esters (lactones) is 1. The summed E-state index contributed by atoms with van der Waals surface area (Å²) in [7, 11) is 0. The molecule has 3 rings (SSSR count). The van der Waals surface area contributed by atoms with Crippen LogP contribution in [-0.4, -0.2) is 42.3 Å². The third-order valence-corrected chi connectivity index (χ3v) is 4.24. The molecule has 0 saturated carbocycles. The minimum atomic E-state index is -0.311. The van der Waals surface area contributed by atoms with Gasteiger partial charge in [-0.3, -0.25) is 0 Å². The van der Waals surface area contributed by atoms with Gasteiger partial charge in [0.25, 0.3) is 0 Å². The summed E-state index contributed by atoms with van der Waals surface area (Å²) in [6.07, 6.45) is 1.02. The molecule has 1 N–H and O–H groups in total. The fourth-order valence-electron chi connectivity index (χ4n) is 3.42. The van der Waals surface area contributed by atoms with Gasteiger partial charge in [0.05, 0.1) is 0 Å². The molecular weight excluding hydrogens is 192 g/mol. The van der Waals surface area contributed by atoms with Gasteiger partial charge in [0.2, 0.25) is 0 Å². The van der Waals surface area contributed by atoms with Gasteiger partial charge in [-0.25, -0.2) is 4.79 Å². The van der Waals surface area contributed by atoms with Crippen molar-refractivity contribution in [1.82, 2.24) is 10.2 Å². The Kier molecular flexibility index (Phi) is 1.81. The van der Waals surface area contributed by atoms with Crippen LogP contribution in [0.25, 0.3) is 0 Å². The van der Waals surface area contributed by atoms with Crippen molar-refractivity contribution in [3.05, 3.63) is 0 Å². The zero-order valence-corrected chi connectivity index (χ0v) is 9.32. The van der Waals surface area contributed by atoms with Crippen molar-refractivity contribution < 1.29 is 9.53 Å². The highest BCUT2D eigenvalue weighted by Gasteiger charge is 2.54. The van der Waals surface area contributed by atoms with Gasteiger partial charge in [-0.2, -0.15) is 0 Å². The highest BCUT2D eigenvalue weighted by molar-refractivity contribution is 5.70. The maximum absolute atomic E-state index is 11.8. The molecule has 3 aliphatic heterocycles. The van der Waals surface area contributed by atoms with E-state index in [0.717, 1.165) is 26.1 Å². The Morgan fingerprint density at radius 2 is 2.27 bits per heavy atom. The van der Waals surface area contributed by atoms with E-state index in [-0.39, 0.29) is 11.7 Å². The summed E-state index contributed by atoms with van der Waals surface area (Å²) in [6.45, 7) is 6.98. The quantitative estimate of drug-likeness (QED) is 0.643. The third kappa shape index (κ3) is 1.20. The number of nitrogens with zero attached hydrogens (tertiary/aromatic N) is 1. The average molecular weight is 210 g/mol. The molecule has 1 amide bonds. The summed E-state index contributed by atoms with van der Waals surface area (Å²) in [5, 5.41) is 3.46. The van der Waals surface area contributed by atoms with E-state index in [0.29, 0.717) is 17.9 Å². The lowest BCUT2D eigenvalue weighted by Crippen LogP contribution is -2.64. The third-order valence-electron chi connectivity index (χ3n) is 4.24. The summed E-state index contributed by atoms with van der Waals surface area (Å²) in [4.78, 5) is 13.8. The van der Waals surface area contributed by atoms with Gasteiger partial charge >= 0.3 is 6.09 Å². The maximum Gasteiger partial charge on any atom is 0.410 e. The predicted octanol–water partition coefficient (Wildman–Crippen LogP) is 0.825. The minimum Gasteiger partial charge on any atom is -0.443 e. The summed E-state index contributed by atoms with van der Waals surface area (Å²) in [6, 6.07) is 0.419. The number of amides is 1. The van der Waals surface area contributed by atoms with E-state index >= 15 is 0 Å². The lowest BCUT2D eigenvalue weighted by Gasteiger charge is -2.50. The van der Waals surface area contributed by atoms with Gasteiger partial charge in [0.15, 0.2) is 0 Å². The van der Waals surface area contributed by atoms with Crippen LogP contribution in [-0.2, 0) is 4.74 Å². The van der Waals surface area contributed by atoms with Crippen molar-refractivity contribution in [3.63, 3.8) is 0 Å². The number of hydrogen-bond acceptors (Lipinski definition) is 3. The minimum absolute atomic E-state index is 0.106. The van der Waals surface area contributed by atoms with Crippen LogP contribution in [0.5, 0.6) is 0 Å². The van der Waals surface area contributed by atoms with E-state index in [9.17, 15) is 4.79 Å². The highest BCUT2D eigenvalue weighted by Crippen LogP contribution is 2.42. The number of piperidine rings is 1. The Morgan fingerprint density at radius 3 is 3.07 bits per heavy atom. The van der Waals surface area contributed by atoms with Gasteiger partial charge in [-0.15, -0.1) is 0 Å².